The zero-order chi connectivity index (χ0) is 28.6. The molecule has 0 spiro atoms. The maximum Gasteiger partial charge on any atom is 0.447 e. The third kappa shape index (κ3) is 6.79. The largest absolute Gasteiger partial charge is 0.468 e. The molecule has 1 amide bonds. The third-order valence-electron chi connectivity index (χ3n) is 5.43. The number of ether oxygens (including phenoxy) is 2. The van der Waals surface area contributed by atoms with Gasteiger partial charge in [-0.2, -0.15) is 0 Å². The van der Waals surface area contributed by atoms with E-state index in [1.165, 1.54) is 36.4 Å². The molecule has 0 saturated carbocycles. The van der Waals surface area contributed by atoms with Crippen LogP contribution in [0.4, 0.5) is 11.4 Å². The molecule has 0 bridgehead atoms. The quantitative estimate of drug-likeness (QED) is 0.144. The highest BCUT2D eigenvalue weighted by Crippen LogP contribution is 2.55. The normalized spacial score (nSPS) is 12.4. The van der Waals surface area contributed by atoms with Crippen molar-refractivity contribution in [3.05, 3.63) is 95.0 Å². The number of carbonyl (C=O) groups excluding carboxylic acids is 3. The smallest absolute Gasteiger partial charge is 0.447 e. The molecule has 0 aliphatic heterocycles. The minimum Gasteiger partial charge on any atom is -0.468 e. The lowest BCUT2D eigenvalue weighted by Gasteiger charge is -2.35. The Bertz CT molecular complexity index is 1320. The molecule has 3 rings (SSSR count). The Morgan fingerprint density at radius 1 is 0.795 bits per heavy atom. The van der Waals surface area contributed by atoms with E-state index in [1.54, 1.807) is 36.4 Å². The SMILES string of the molecule is COC(=O)[C@H]([C@@H](C(=O)OC)P(=O)(Oc1ccccc1)Oc1ccccc1)N(C(C)=O)c1ccc([N+](=O)[O-])cc1. The van der Waals surface area contributed by atoms with Gasteiger partial charge < -0.3 is 18.5 Å². The van der Waals surface area contributed by atoms with E-state index in [4.69, 9.17) is 18.5 Å². The van der Waals surface area contributed by atoms with Crippen LogP contribution in [0.5, 0.6) is 11.5 Å². The summed E-state index contributed by atoms with van der Waals surface area (Å²) >= 11 is 0. The van der Waals surface area contributed by atoms with Gasteiger partial charge in [0.25, 0.3) is 5.69 Å². The number of hydrogen-bond donors (Lipinski definition) is 0. The van der Waals surface area contributed by atoms with Crippen molar-refractivity contribution in [2.45, 2.75) is 18.6 Å². The van der Waals surface area contributed by atoms with E-state index in [1.807, 2.05) is 0 Å². The fourth-order valence-corrected chi connectivity index (χ4v) is 5.77. The van der Waals surface area contributed by atoms with Crippen molar-refractivity contribution in [3.63, 3.8) is 0 Å². The Kier molecular flexibility index (Phi) is 9.40. The number of methoxy groups -OCH3 is 2. The van der Waals surface area contributed by atoms with Crippen LogP contribution in [0.25, 0.3) is 0 Å². The summed E-state index contributed by atoms with van der Waals surface area (Å²) in [5, 5.41) is 11.1. The van der Waals surface area contributed by atoms with Crippen LogP contribution in [0.1, 0.15) is 6.92 Å². The van der Waals surface area contributed by atoms with Gasteiger partial charge in [0, 0.05) is 24.7 Å². The Morgan fingerprint density at radius 3 is 1.64 bits per heavy atom. The van der Waals surface area contributed by atoms with Gasteiger partial charge in [0.05, 0.1) is 19.1 Å². The summed E-state index contributed by atoms with van der Waals surface area (Å²) in [4.78, 5) is 50.8. The number of esters is 2. The zero-order valence-electron chi connectivity index (χ0n) is 21.2. The van der Waals surface area contributed by atoms with E-state index < -0.39 is 42.1 Å². The lowest BCUT2D eigenvalue weighted by atomic mass is 10.1. The number of nitro benzene ring substituents is 1. The number of rotatable bonds is 11. The number of carbonyl (C=O) groups is 3. The van der Waals surface area contributed by atoms with E-state index in [2.05, 4.69) is 0 Å². The lowest BCUT2D eigenvalue weighted by molar-refractivity contribution is -0.384. The topological polar surface area (TPSA) is 152 Å². The van der Waals surface area contributed by atoms with Crippen molar-refractivity contribution in [1.82, 2.24) is 0 Å². The fraction of sp³-hybridized carbons (Fsp3) is 0.192. The van der Waals surface area contributed by atoms with E-state index in [0.29, 0.717) is 0 Å². The Balaban J connectivity index is 2.25. The van der Waals surface area contributed by atoms with Gasteiger partial charge in [-0.25, -0.2) is 9.36 Å². The number of benzene rings is 3. The van der Waals surface area contributed by atoms with E-state index >= 15 is 0 Å². The molecule has 0 radical (unpaired) electrons. The van der Waals surface area contributed by atoms with Crippen molar-refractivity contribution in [3.8, 4) is 11.5 Å². The Labute approximate surface area is 223 Å². The second kappa shape index (κ2) is 12.7. The molecule has 0 unspecified atom stereocenters. The summed E-state index contributed by atoms with van der Waals surface area (Å²) in [5.74, 6) is -3.04. The molecule has 2 atom stereocenters. The van der Waals surface area contributed by atoms with Gasteiger partial charge in [-0.15, -0.1) is 0 Å². The molecule has 3 aromatic rings. The van der Waals surface area contributed by atoms with Crippen LogP contribution in [-0.4, -0.2) is 48.7 Å². The number of nitrogens with zero attached hydrogens (tertiary/aromatic N) is 2. The molecule has 12 nitrogen and oxygen atoms in total. The Morgan fingerprint density at radius 2 is 1.26 bits per heavy atom. The molecule has 0 aliphatic rings. The third-order valence-corrected chi connectivity index (χ3v) is 7.54. The maximum absolute atomic E-state index is 14.6. The molecular formula is C26H25N2O10P. The number of anilines is 1. The van der Waals surface area contributed by atoms with Crippen LogP contribution >= 0.6 is 7.60 Å². The van der Waals surface area contributed by atoms with E-state index in [0.717, 1.165) is 38.2 Å². The molecular weight excluding hydrogens is 531 g/mol. The zero-order valence-corrected chi connectivity index (χ0v) is 22.1. The summed E-state index contributed by atoms with van der Waals surface area (Å²) in [6.07, 6.45) is 0. The highest BCUT2D eigenvalue weighted by Gasteiger charge is 2.56. The molecule has 39 heavy (non-hydrogen) atoms. The molecule has 0 N–H and O–H groups in total. The van der Waals surface area contributed by atoms with Crippen molar-refractivity contribution < 1.29 is 42.4 Å². The first-order valence-electron chi connectivity index (χ1n) is 11.4. The molecule has 3 aromatic carbocycles. The number of amides is 1. The van der Waals surface area contributed by atoms with Gasteiger partial charge in [0.1, 0.15) is 11.5 Å². The number of para-hydroxylation sites is 2. The molecule has 0 aliphatic carbocycles. The summed E-state index contributed by atoms with van der Waals surface area (Å²) < 4.78 is 36.0. The number of non-ortho nitro benzene ring substituents is 1. The molecule has 13 heteroatoms. The van der Waals surface area contributed by atoms with Gasteiger partial charge >= 0.3 is 19.5 Å². The fourth-order valence-electron chi connectivity index (χ4n) is 3.71. The van der Waals surface area contributed by atoms with Crippen molar-refractivity contribution in [2.24, 2.45) is 0 Å². The minimum absolute atomic E-state index is 0.0247. The predicted octanol–water partition coefficient (Wildman–Crippen LogP) is 4.38. The first-order valence-corrected chi connectivity index (χ1v) is 13.0. The molecule has 0 aromatic heterocycles. The van der Waals surface area contributed by atoms with Gasteiger partial charge in [-0.05, 0) is 36.4 Å². The average Bonchev–Trinajstić information content (AvgIpc) is 2.93. The minimum atomic E-state index is -4.79. The summed E-state index contributed by atoms with van der Waals surface area (Å²) in [6.45, 7) is 1.09. The highest BCUT2D eigenvalue weighted by molar-refractivity contribution is 7.56. The highest BCUT2D eigenvalue weighted by atomic mass is 31.2. The van der Waals surface area contributed by atoms with Crippen LogP contribution in [0.2, 0.25) is 0 Å². The van der Waals surface area contributed by atoms with Crippen LogP contribution in [0.15, 0.2) is 84.9 Å². The number of nitro groups is 1. The first kappa shape index (κ1) is 28.9. The second-order valence-corrected chi connectivity index (χ2v) is 9.95. The van der Waals surface area contributed by atoms with Crippen LogP contribution in [0, 0.1) is 10.1 Å². The van der Waals surface area contributed by atoms with Crippen LogP contribution in [-0.2, 0) is 28.4 Å². The molecule has 0 heterocycles. The first-order chi connectivity index (χ1) is 18.6. The van der Waals surface area contributed by atoms with E-state index in [9.17, 15) is 29.1 Å². The van der Waals surface area contributed by atoms with Gasteiger partial charge in [0.15, 0.2) is 6.04 Å². The maximum atomic E-state index is 14.6. The van der Waals surface area contributed by atoms with Crippen LogP contribution < -0.4 is 13.9 Å². The summed E-state index contributed by atoms with van der Waals surface area (Å²) in [5.41, 5.74) is -2.37. The van der Waals surface area contributed by atoms with Gasteiger partial charge in [0.2, 0.25) is 11.6 Å². The second-order valence-electron chi connectivity index (χ2n) is 7.95. The number of hydrogen-bond acceptors (Lipinski definition) is 10. The van der Waals surface area contributed by atoms with Crippen molar-refractivity contribution in [1.29, 1.82) is 0 Å². The van der Waals surface area contributed by atoms with Crippen molar-refractivity contribution in [2.75, 3.05) is 19.1 Å². The van der Waals surface area contributed by atoms with Crippen molar-refractivity contribution >= 4 is 36.8 Å². The summed E-state index contributed by atoms with van der Waals surface area (Å²) in [7, 11) is -2.77. The van der Waals surface area contributed by atoms with E-state index in [-0.39, 0.29) is 22.9 Å². The van der Waals surface area contributed by atoms with Crippen LogP contribution in [0.3, 0.4) is 0 Å². The predicted molar refractivity (Wildman–Crippen MR) is 140 cm³/mol. The van der Waals surface area contributed by atoms with Gasteiger partial charge in [-0.3, -0.25) is 24.6 Å². The monoisotopic (exact) mass is 556 g/mol. The molecule has 204 valence electrons. The standard InChI is InChI=1S/C26H25N2O10P/c1-18(29)27(19-14-16-20(17-15-19)28(32)33)23(25(30)35-2)24(26(31)36-3)39(34,37-21-10-6-4-7-11-21)38-22-12-8-5-9-13-22/h4-17,23-24H,1-3H3/t23-,24-/m0/s1. The Hall–Kier alpha value is -4.70. The molecule has 0 saturated heterocycles. The summed E-state index contributed by atoms with van der Waals surface area (Å²) in [6, 6.07) is 18.2. The van der Waals surface area contributed by atoms with Gasteiger partial charge in [-0.1, -0.05) is 36.4 Å². The lowest BCUT2D eigenvalue weighted by Crippen LogP contribution is -2.55. The average molecular weight is 556 g/mol. The molecule has 0 fully saturated rings.